The summed E-state index contributed by atoms with van der Waals surface area (Å²) in [6.45, 7) is 0.151. The van der Waals surface area contributed by atoms with Gasteiger partial charge in [0.25, 0.3) is 5.91 Å². The van der Waals surface area contributed by atoms with Crippen molar-refractivity contribution in [3.05, 3.63) is 72.3 Å². The summed E-state index contributed by atoms with van der Waals surface area (Å²) in [5, 5.41) is 10.8. The number of aromatic nitrogens is 3. The van der Waals surface area contributed by atoms with E-state index in [1.807, 2.05) is 30.3 Å². The number of carbonyl (C=O) groups is 1. The van der Waals surface area contributed by atoms with E-state index in [1.54, 1.807) is 12.1 Å². The molecule has 0 aliphatic carbocycles. The van der Waals surface area contributed by atoms with E-state index in [9.17, 15) is 9.18 Å². The van der Waals surface area contributed by atoms with E-state index in [4.69, 9.17) is 4.74 Å². The lowest BCUT2D eigenvalue weighted by molar-refractivity contribution is 0.0953. The van der Waals surface area contributed by atoms with Crippen LogP contribution in [0.3, 0.4) is 0 Å². The van der Waals surface area contributed by atoms with E-state index in [0.717, 1.165) is 5.69 Å². The molecule has 26 heavy (non-hydrogen) atoms. The molecular weight excluding hydrogens is 335 g/mol. The van der Waals surface area contributed by atoms with Gasteiger partial charge in [0, 0.05) is 0 Å². The second kappa shape index (κ2) is 8.44. The normalized spacial score (nSPS) is 9.88. The third-order valence-corrected chi connectivity index (χ3v) is 3.31. The number of halogens is 1. The van der Waals surface area contributed by atoms with Crippen molar-refractivity contribution < 1.29 is 13.9 Å². The van der Waals surface area contributed by atoms with Gasteiger partial charge in [-0.05, 0) is 24.3 Å². The Kier molecular flexibility index (Phi) is 5.58. The minimum atomic E-state index is -0.441. The van der Waals surface area contributed by atoms with Crippen molar-refractivity contribution in [1.29, 1.82) is 0 Å². The van der Waals surface area contributed by atoms with E-state index >= 15 is 0 Å². The Morgan fingerprint density at radius 3 is 2.69 bits per heavy atom. The van der Waals surface area contributed by atoms with Crippen LogP contribution in [-0.2, 0) is 0 Å². The van der Waals surface area contributed by atoms with Crippen molar-refractivity contribution in [3.8, 4) is 23.3 Å². The Labute approximate surface area is 149 Å². The Morgan fingerprint density at radius 1 is 1.12 bits per heavy atom. The highest BCUT2D eigenvalue weighted by atomic mass is 19.1. The first kappa shape index (κ1) is 17.2. The number of hydrogen-bond donors (Lipinski definition) is 1. The standard InChI is InChI=1S/C19H15FN4O2/c20-16-10-4-5-11-18(16)26-13-7-6-12-21-19(25)17-14-22-24(23-17)15-8-2-1-3-9-15/h1-5,8-11,14H,12-13H2,(H,21,25). The van der Waals surface area contributed by atoms with Crippen LogP contribution in [-0.4, -0.2) is 34.1 Å². The van der Waals surface area contributed by atoms with Crippen LogP contribution < -0.4 is 10.1 Å². The predicted molar refractivity (Wildman–Crippen MR) is 93.4 cm³/mol. The minimum Gasteiger partial charge on any atom is -0.478 e. The summed E-state index contributed by atoms with van der Waals surface area (Å²) in [4.78, 5) is 13.4. The van der Waals surface area contributed by atoms with Gasteiger partial charge in [-0.2, -0.15) is 9.90 Å². The molecule has 0 saturated carbocycles. The smallest absolute Gasteiger partial charge is 0.274 e. The molecule has 0 aliphatic heterocycles. The predicted octanol–water partition coefficient (Wildman–Crippen LogP) is 2.22. The molecule has 0 spiro atoms. The maximum absolute atomic E-state index is 13.3. The molecule has 3 rings (SSSR count). The van der Waals surface area contributed by atoms with Crippen molar-refractivity contribution in [2.45, 2.75) is 0 Å². The van der Waals surface area contributed by atoms with Crippen LogP contribution in [0.4, 0.5) is 4.39 Å². The lowest BCUT2D eigenvalue weighted by Gasteiger charge is -2.02. The zero-order chi connectivity index (χ0) is 18.2. The van der Waals surface area contributed by atoms with Gasteiger partial charge in [0.1, 0.15) is 6.61 Å². The van der Waals surface area contributed by atoms with Crippen LogP contribution in [0.25, 0.3) is 5.69 Å². The van der Waals surface area contributed by atoms with E-state index < -0.39 is 5.82 Å². The fourth-order valence-electron chi connectivity index (χ4n) is 2.06. The summed E-state index contributed by atoms with van der Waals surface area (Å²) >= 11 is 0. The monoisotopic (exact) mass is 350 g/mol. The van der Waals surface area contributed by atoms with Crippen molar-refractivity contribution in [2.75, 3.05) is 13.2 Å². The number of nitrogens with one attached hydrogen (secondary N) is 1. The minimum absolute atomic E-state index is 0.0288. The van der Waals surface area contributed by atoms with Crippen LogP contribution in [0.1, 0.15) is 10.5 Å². The molecule has 130 valence electrons. The number of rotatable bonds is 5. The molecule has 7 heteroatoms. The van der Waals surface area contributed by atoms with Crippen molar-refractivity contribution in [3.63, 3.8) is 0 Å². The highest BCUT2D eigenvalue weighted by molar-refractivity contribution is 5.92. The second-order valence-electron chi connectivity index (χ2n) is 5.11. The van der Waals surface area contributed by atoms with E-state index in [-0.39, 0.29) is 30.5 Å². The molecule has 0 fully saturated rings. The van der Waals surface area contributed by atoms with E-state index in [1.165, 1.54) is 23.1 Å². The zero-order valence-electron chi connectivity index (χ0n) is 13.7. The highest BCUT2D eigenvalue weighted by Crippen LogP contribution is 2.14. The van der Waals surface area contributed by atoms with Gasteiger partial charge < -0.3 is 10.1 Å². The molecule has 0 bridgehead atoms. The van der Waals surface area contributed by atoms with Crippen LogP contribution in [0.5, 0.6) is 5.75 Å². The lowest BCUT2D eigenvalue weighted by atomic mass is 10.3. The summed E-state index contributed by atoms with van der Waals surface area (Å²) in [5.41, 5.74) is 0.954. The number of amides is 1. The molecule has 1 heterocycles. The lowest BCUT2D eigenvalue weighted by Crippen LogP contribution is -2.24. The van der Waals surface area contributed by atoms with Crippen LogP contribution >= 0.6 is 0 Å². The average molecular weight is 350 g/mol. The molecule has 1 aromatic heterocycles. The maximum Gasteiger partial charge on any atom is 0.274 e. The zero-order valence-corrected chi connectivity index (χ0v) is 13.7. The highest BCUT2D eigenvalue weighted by Gasteiger charge is 2.10. The van der Waals surface area contributed by atoms with E-state index in [0.29, 0.717) is 0 Å². The molecule has 3 aromatic rings. The van der Waals surface area contributed by atoms with Crippen LogP contribution in [0.2, 0.25) is 0 Å². The fraction of sp³-hybridized carbons (Fsp3) is 0.105. The molecule has 2 aromatic carbocycles. The Morgan fingerprint density at radius 2 is 1.88 bits per heavy atom. The Hall–Kier alpha value is -3.66. The van der Waals surface area contributed by atoms with Crippen LogP contribution in [0.15, 0.2) is 60.8 Å². The van der Waals surface area contributed by atoms with Gasteiger partial charge in [-0.3, -0.25) is 4.79 Å². The molecule has 0 aliphatic rings. The van der Waals surface area contributed by atoms with Gasteiger partial charge in [-0.25, -0.2) is 4.39 Å². The van der Waals surface area contributed by atoms with Crippen molar-refractivity contribution in [1.82, 2.24) is 20.3 Å². The Balaban J connectivity index is 1.46. The first-order chi connectivity index (χ1) is 12.7. The van der Waals surface area contributed by atoms with Gasteiger partial charge in [0.05, 0.1) is 18.4 Å². The van der Waals surface area contributed by atoms with E-state index in [2.05, 4.69) is 27.4 Å². The third kappa shape index (κ3) is 4.45. The first-order valence-electron chi connectivity index (χ1n) is 7.83. The summed E-state index contributed by atoms with van der Waals surface area (Å²) in [7, 11) is 0. The third-order valence-electron chi connectivity index (χ3n) is 3.31. The molecule has 6 nitrogen and oxygen atoms in total. The van der Waals surface area contributed by atoms with Crippen LogP contribution in [0, 0.1) is 17.7 Å². The SMILES string of the molecule is O=C(NCC#CCOc1ccccc1F)c1cnn(-c2ccccc2)n1. The largest absolute Gasteiger partial charge is 0.478 e. The summed E-state index contributed by atoms with van der Waals surface area (Å²) in [6, 6.07) is 15.4. The number of ether oxygens (including phenoxy) is 1. The number of carbonyl (C=O) groups excluding carboxylic acids is 1. The summed E-state index contributed by atoms with van der Waals surface area (Å²) < 4.78 is 18.5. The van der Waals surface area contributed by atoms with Gasteiger partial charge in [-0.1, -0.05) is 42.2 Å². The quantitative estimate of drug-likeness (QED) is 0.717. The average Bonchev–Trinajstić information content (AvgIpc) is 3.17. The number of hydrogen-bond acceptors (Lipinski definition) is 4. The number of nitrogens with zero attached hydrogens (tertiary/aromatic N) is 3. The molecule has 1 N–H and O–H groups in total. The molecular formula is C19H15FN4O2. The molecule has 0 unspecified atom stereocenters. The summed E-state index contributed by atoms with van der Waals surface area (Å²) in [5.74, 6) is 4.76. The number of benzene rings is 2. The summed E-state index contributed by atoms with van der Waals surface area (Å²) in [6.07, 6.45) is 1.39. The van der Waals surface area contributed by atoms with Gasteiger partial charge >= 0.3 is 0 Å². The first-order valence-corrected chi connectivity index (χ1v) is 7.83. The molecule has 0 saturated heterocycles. The van der Waals surface area contributed by atoms with Gasteiger partial charge in [0.2, 0.25) is 0 Å². The second-order valence-corrected chi connectivity index (χ2v) is 5.11. The molecule has 1 amide bonds. The Bertz CT molecular complexity index is 945. The molecule has 0 radical (unpaired) electrons. The maximum atomic E-state index is 13.3. The number of para-hydroxylation sites is 2. The van der Waals surface area contributed by atoms with Gasteiger partial charge in [0.15, 0.2) is 17.3 Å². The van der Waals surface area contributed by atoms with Crippen molar-refractivity contribution in [2.24, 2.45) is 0 Å². The topological polar surface area (TPSA) is 69.0 Å². The fourth-order valence-corrected chi connectivity index (χ4v) is 2.06. The molecule has 0 atom stereocenters. The van der Waals surface area contributed by atoms with Crippen molar-refractivity contribution >= 4 is 5.91 Å². The van der Waals surface area contributed by atoms with Gasteiger partial charge in [-0.15, -0.1) is 5.10 Å².